The first-order valence-corrected chi connectivity index (χ1v) is 12.2. The molecule has 3 rings (SSSR count). The van der Waals surface area contributed by atoms with Gasteiger partial charge in [-0.25, -0.2) is 13.2 Å². The second-order valence-corrected chi connectivity index (χ2v) is 11.1. The van der Waals surface area contributed by atoms with Crippen LogP contribution >= 0.6 is 0 Å². The number of carbonyl (C=O) groups excluding carboxylic acids is 1. The number of likely N-dealkylation sites (tertiary alicyclic amines) is 1. The number of hydrogen-bond acceptors (Lipinski definition) is 6. The van der Waals surface area contributed by atoms with E-state index >= 15 is 0 Å². The van der Waals surface area contributed by atoms with Gasteiger partial charge in [-0.15, -0.1) is 0 Å². The van der Waals surface area contributed by atoms with Gasteiger partial charge in [-0.1, -0.05) is 48.5 Å². The Morgan fingerprint density at radius 3 is 2.22 bits per heavy atom. The van der Waals surface area contributed by atoms with Crippen molar-refractivity contribution in [1.82, 2.24) is 4.90 Å². The van der Waals surface area contributed by atoms with Gasteiger partial charge in [-0.2, -0.15) is 0 Å². The van der Waals surface area contributed by atoms with Crippen molar-refractivity contribution in [2.24, 2.45) is 0 Å². The number of amides is 1. The van der Waals surface area contributed by atoms with Crippen LogP contribution in [0.2, 0.25) is 0 Å². The van der Waals surface area contributed by atoms with Crippen molar-refractivity contribution < 1.29 is 27.8 Å². The lowest BCUT2D eigenvalue weighted by molar-refractivity contribution is -0.00534. The molecule has 1 heterocycles. The number of hydrogen-bond donors (Lipinski definition) is 1. The minimum absolute atomic E-state index is 0.130. The van der Waals surface area contributed by atoms with Crippen LogP contribution < -0.4 is 0 Å². The topological polar surface area (TPSA) is 93.1 Å². The Balaban J connectivity index is 1.85. The summed E-state index contributed by atoms with van der Waals surface area (Å²) >= 11 is 0. The summed E-state index contributed by atoms with van der Waals surface area (Å²) in [6.45, 7) is 5.20. The van der Waals surface area contributed by atoms with Crippen LogP contribution in [-0.4, -0.2) is 60.7 Å². The maximum atomic E-state index is 13.4. The summed E-state index contributed by atoms with van der Waals surface area (Å²) in [5.41, 5.74) is 0.213. The highest BCUT2D eigenvalue weighted by atomic mass is 32.2. The average molecular weight is 462 g/mol. The molecule has 0 spiro atoms. The Bertz CT molecular complexity index is 988. The van der Waals surface area contributed by atoms with Crippen molar-refractivity contribution in [3.8, 4) is 0 Å². The van der Waals surface area contributed by atoms with E-state index < -0.39 is 45.5 Å². The molecule has 1 fully saturated rings. The van der Waals surface area contributed by atoms with Gasteiger partial charge in [0.15, 0.2) is 9.84 Å². The number of benzene rings is 2. The van der Waals surface area contributed by atoms with E-state index in [0.717, 1.165) is 5.56 Å². The van der Waals surface area contributed by atoms with Crippen LogP contribution in [0.1, 0.15) is 32.8 Å². The van der Waals surface area contributed by atoms with E-state index in [9.17, 15) is 18.3 Å². The molecule has 7 nitrogen and oxygen atoms in total. The molecule has 0 unspecified atom stereocenters. The van der Waals surface area contributed by atoms with Gasteiger partial charge in [0.05, 0.1) is 42.0 Å². The molecule has 1 aliphatic rings. The number of aliphatic hydroxyl groups excluding tert-OH is 1. The third-order valence-electron chi connectivity index (χ3n) is 5.37. The van der Waals surface area contributed by atoms with Gasteiger partial charge >= 0.3 is 6.09 Å². The first kappa shape index (κ1) is 24.2. The summed E-state index contributed by atoms with van der Waals surface area (Å²) in [5, 5.41) is 9.17. The van der Waals surface area contributed by atoms with Gasteiger partial charge < -0.3 is 14.6 Å². The number of sulfone groups is 1. The van der Waals surface area contributed by atoms with E-state index in [-0.39, 0.29) is 17.9 Å². The first-order valence-electron chi connectivity index (χ1n) is 10.7. The molecule has 3 atom stereocenters. The quantitative estimate of drug-likeness (QED) is 0.679. The molecule has 0 aromatic heterocycles. The summed E-state index contributed by atoms with van der Waals surface area (Å²) in [6, 6.07) is 16.2. The minimum atomic E-state index is -3.79. The van der Waals surface area contributed by atoms with Crippen LogP contribution in [0.15, 0.2) is 65.6 Å². The van der Waals surface area contributed by atoms with Crippen LogP contribution in [0.5, 0.6) is 0 Å². The van der Waals surface area contributed by atoms with Crippen LogP contribution in [-0.2, 0) is 25.9 Å². The molecule has 0 aliphatic carbocycles. The molecule has 1 N–H and O–H groups in total. The lowest BCUT2D eigenvalue weighted by Crippen LogP contribution is -2.49. The number of aliphatic hydroxyl groups is 1. The second kappa shape index (κ2) is 10.0. The Kier molecular flexibility index (Phi) is 7.59. The van der Waals surface area contributed by atoms with Gasteiger partial charge in [0, 0.05) is 0 Å². The lowest BCUT2D eigenvalue weighted by atomic mass is 10.2. The zero-order valence-electron chi connectivity index (χ0n) is 18.7. The van der Waals surface area contributed by atoms with E-state index in [1.54, 1.807) is 39.0 Å². The summed E-state index contributed by atoms with van der Waals surface area (Å²) in [5.74, 6) is 0. The van der Waals surface area contributed by atoms with Gasteiger partial charge in [-0.3, -0.25) is 4.90 Å². The van der Waals surface area contributed by atoms with Crippen LogP contribution in [0.4, 0.5) is 4.79 Å². The van der Waals surface area contributed by atoms with E-state index in [1.165, 1.54) is 17.0 Å². The minimum Gasteiger partial charge on any atom is -0.444 e. The predicted molar refractivity (Wildman–Crippen MR) is 121 cm³/mol. The summed E-state index contributed by atoms with van der Waals surface area (Å²) in [7, 11) is -3.79. The summed E-state index contributed by atoms with van der Waals surface area (Å²) in [4.78, 5) is 14.5. The Hall–Kier alpha value is -2.42. The maximum absolute atomic E-state index is 13.4. The third kappa shape index (κ3) is 5.68. The number of ether oxygens (including phenoxy) is 2. The molecule has 32 heavy (non-hydrogen) atoms. The number of rotatable bonds is 7. The standard InChI is InChI=1S/C24H31NO6S/c1-24(2,3)31-23(27)25-19(17-30-16-18-10-6-4-7-11-18)14-22(21(25)15-26)32(28,29)20-12-8-5-9-13-20/h4-13,19,21-22,26H,14-17H2,1-3H3/t19-,21+,22+/m0/s1. The molecule has 1 saturated heterocycles. The molecular weight excluding hydrogens is 430 g/mol. The zero-order valence-corrected chi connectivity index (χ0v) is 19.5. The van der Waals surface area contributed by atoms with Crippen molar-refractivity contribution in [3.05, 3.63) is 66.2 Å². The van der Waals surface area contributed by atoms with Crippen LogP contribution in [0.25, 0.3) is 0 Å². The Labute approximate surface area is 189 Å². The SMILES string of the molecule is CC(C)(C)OC(=O)N1[C@H](COCc2ccccc2)C[C@@H](S(=O)(=O)c2ccccc2)[C@H]1CO. The van der Waals surface area contributed by atoms with Crippen molar-refractivity contribution in [2.75, 3.05) is 13.2 Å². The van der Waals surface area contributed by atoms with E-state index in [2.05, 4.69) is 0 Å². The normalized spacial score (nSPS) is 21.5. The van der Waals surface area contributed by atoms with E-state index in [0.29, 0.717) is 6.61 Å². The summed E-state index contributed by atoms with van der Waals surface area (Å²) < 4.78 is 38.1. The molecule has 1 amide bonds. The van der Waals surface area contributed by atoms with E-state index in [1.807, 2.05) is 30.3 Å². The molecule has 1 aliphatic heterocycles. The Morgan fingerprint density at radius 1 is 1.06 bits per heavy atom. The zero-order chi connectivity index (χ0) is 23.4. The molecule has 0 bridgehead atoms. The highest BCUT2D eigenvalue weighted by Crippen LogP contribution is 2.34. The molecular formula is C24H31NO6S. The maximum Gasteiger partial charge on any atom is 0.410 e. The molecule has 174 valence electrons. The van der Waals surface area contributed by atoms with Crippen LogP contribution in [0, 0.1) is 0 Å². The number of nitrogens with zero attached hydrogens (tertiary/aromatic N) is 1. The molecule has 2 aromatic carbocycles. The van der Waals surface area contributed by atoms with Crippen molar-refractivity contribution in [2.45, 2.75) is 61.6 Å². The number of carbonyl (C=O) groups is 1. The van der Waals surface area contributed by atoms with Gasteiger partial charge in [-0.05, 0) is 44.9 Å². The fraction of sp³-hybridized carbons (Fsp3) is 0.458. The van der Waals surface area contributed by atoms with E-state index in [4.69, 9.17) is 9.47 Å². The van der Waals surface area contributed by atoms with Gasteiger partial charge in [0.2, 0.25) is 0 Å². The first-order chi connectivity index (χ1) is 15.1. The molecule has 8 heteroatoms. The molecule has 0 saturated carbocycles. The van der Waals surface area contributed by atoms with Gasteiger partial charge in [0.1, 0.15) is 5.60 Å². The second-order valence-electron chi connectivity index (χ2n) is 8.92. The fourth-order valence-corrected chi connectivity index (χ4v) is 5.94. The van der Waals surface area contributed by atoms with Crippen molar-refractivity contribution in [1.29, 1.82) is 0 Å². The predicted octanol–water partition coefficient (Wildman–Crippen LogP) is 3.42. The fourth-order valence-electron chi connectivity index (χ4n) is 3.95. The highest BCUT2D eigenvalue weighted by molar-refractivity contribution is 7.92. The Morgan fingerprint density at radius 2 is 1.66 bits per heavy atom. The molecule has 2 aromatic rings. The average Bonchev–Trinajstić information content (AvgIpc) is 3.13. The monoisotopic (exact) mass is 461 g/mol. The molecule has 0 radical (unpaired) electrons. The van der Waals surface area contributed by atoms with Crippen molar-refractivity contribution >= 4 is 15.9 Å². The lowest BCUT2D eigenvalue weighted by Gasteiger charge is -2.32. The van der Waals surface area contributed by atoms with Crippen molar-refractivity contribution in [3.63, 3.8) is 0 Å². The summed E-state index contributed by atoms with van der Waals surface area (Å²) in [6.07, 6.45) is -0.508. The highest BCUT2D eigenvalue weighted by Gasteiger charge is 2.50. The van der Waals surface area contributed by atoms with Crippen LogP contribution in [0.3, 0.4) is 0 Å². The largest absolute Gasteiger partial charge is 0.444 e. The third-order valence-corrected chi connectivity index (χ3v) is 7.60. The smallest absolute Gasteiger partial charge is 0.410 e. The van der Waals surface area contributed by atoms with Gasteiger partial charge in [0.25, 0.3) is 0 Å².